The molecule has 3 aromatic carbocycles. The van der Waals surface area contributed by atoms with E-state index in [1.165, 1.54) is 6.08 Å². The molecule has 0 aliphatic carbocycles. The Bertz CT molecular complexity index is 1150. The molecule has 0 saturated heterocycles. The number of amides is 1. The molecular formula is C22H14Cl2N2OS. The van der Waals surface area contributed by atoms with Gasteiger partial charge in [-0.25, -0.2) is 4.98 Å². The lowest BCUT2D eigenvalue weighted by molar-refractivity contribution is -0.111. The Labute approximate surface area is 176 Å². The second-order valence-electron chi connectivity index (χ2n) is 6.06. The van der Waals surface area contributed by atoms with Crippen LogP contribution >= 0.6 is 34.5 Å². The van der Waals surface area contributed by atoms with Gasteiger partial charge in [-0.2, -0.15) is 0 Å². The second kappa shape index (κ2) is 8.15. The van der Waals surface area contributed by atoms with Gasteiger partial charge in [0.1, 0.15) is 5.01 Å². The number of benzene rings is 3. The zero-order chi connectivity index (χ0) is 19.5. The molecule has 0 radical (unpaired) electrons. The number of hydrogen-bond acceptors (Lipinski definition) is 3. The number of carbonyl (C=O) groups is 1. The summed E-state index contributed by atoms with van der Waals surface area (Å²) in [6, 6.07) is 20.6. The van der Waals surface area contributed by atoms with E-state index in [4.69, 9.17) is 23.2 Å². The molecule has 0 unspecified atom stereocenters. The molecule has 1 heterocycles. The first-order valence-corrected chi connectivity index (χ1v) is 10.1. The molecule has 138 valence electrons. The predicted octanol–water partition coefficient (Wildman–Crippen LogP) is 6.92. The average molecular weight is 425 g/mol. The summed E-state index contributed by atoms with van der Waals surface area (Å²) in [7, 11) is 0. The first kappa shape index (κ1) is 18.7. The molecule has 0 aliphatic rings. The highest BCUT2D eigenvalue weighted by Gasteiger charge is 2.10. The molecule has 3 nitrogen and oxygen atoms in total. The van der Waals surface area contributed by atoms with Crippen molar-refractivity contribution < 1.29 is 4.79 Å². The SMILES string of the molecule is O=C(/C=C/c1ccc(Cl)cc1)Nc1ccc(-c2nc3ccccc3s2)c(Cl)c1. The summed E-state index contributed by atoms with van der Waals surface area (Å²) in [5.74, 6) is -0.237. The Balaban J connectivity index is 1.49. The van der Waals surface area contributed by atoms with Crippen molar-refractivity contribution in [1.29, 1.82) is 0 Å². The van der Waals surface area contributed by atoms with Crippen molar-refractivity contribution in [2.24, 2.45) is 0 Å². The molecule has 4 aromatic rings. The van der Waals surface area contributed by atoms with Crippen molar-refractivity contribution in [2.75, 3.05) is 5.32 Å². The van der Waals surface area contributed by atoms with Crippen LogP contribution in [0.4, 0.5) is 5.69 Å². The molecule has 0 fully saturated rings. The predicted molar refractivity (Wildman–Crippen MR) is 119 cm³/mol. The molecule has 0 spiro atoms. The zero-order valence-electron chi connectivity index (χ0n) is 14.5. The van der Waals surface area contributed by atoms with Crippen molar-refractivity contribution >= 4 is 62.4 Å². The lowest BCUT2D eigenvalue weighted by atomic mass is 10.2. The van der Waals surface area contributed by atoms with Crippen molar-refractivity contribution in [3.8, 4) is 10.6 Å². The molecule has 0 bridgehead atoms. The number of hydrogen-bond donors (Lipinski definition) is 1. The lowest BCUT2D eigenvalue weighted by Gasteiger charge is -2.06. The fourth-order valence-corrected chi connectivity index (χ4v) is 4.14. The highest BCUT2D eigenvalue weighted by molar-refractivity contribution is 7.21. The minimum absolute atomic E-state index is 0.237. The number of rotatable bonds is 4. The van der Waals surface area contributed by atoms with E-state index in [-0.39, 0.29) is 5.91 Å². The summed E-state index contributed by atoms with van der Waals surface area (Å²) in [6.07, 6.45) is 3.20. The van der Waals surface area contributed by atoms with Crippen LogP contribution in [0.5, 0.6) is 0 Å². The molecule has 0 saturated carbocycles. The van der Waals surface area contributed by atoms with Crippen molar-refractivity contribution in [2.45, 2.75) is 0 Å². The molecule has 1 amide bonds. The van der Waals surface area contributed by atoms with Crippen LogP contribution in [0.3, 0.4) is 0 Å². The Hall–Kier alpha value is -2.66. The number of nitrogens with one attached hydrogen (secondary N) is 1. The van der Waals surface area contributed by atoms with Gasteiger partial charge in [0.2, 0.25) is 5.91 Å². The van der Waals surface area contributed by atoms with Gasteiger partial charge < -0.3 is 5.32 Å². The molecule has 0 atom stereocenters. The monoisotopic (exact) mass is 424 g/mol. The lowest BCUT2D eigenvalue weighted by Crippen LogP contribution is -2.07. The summed E-state index contributed by atoms with van der Waals surface area (Å²) < 4.78 is 1.11. The topological polar surface area (TPSA) is 42.0 Å². The van der Waals surface area contributed by atoms with E-state index in [0.29, 0.717) is 15.7 Å². The van der Waals surface area contributed by atoms with Gasteiger partial charge in [0.15, 0.2) is 0 Å². The van der Waals surface area contributed by atoms with E-state index >= 15 is 0 Å². The van der Waals surface area contributed by atoms with Crippen molar-refractivity contribution in [3.05, 3.63) is 88.4 Å². The molecule has 1 aromatic heterocycles. The third-order valence-electron chi connectivity index (χ3n) is 4.06. The largest absolute Gasteiger partial charge is 0.322 e. The van der Waals surface area contributed by atoms with Crippen LogP contribution in [0.2, 0.25) is 10.0 Å². The van der Waals surface area contributed by atoms with Crippen LogP contribution in [0.25, 0.3) is 26.9 Å². The van der Waals surface area contributed by atoms with Gasteiger partial charge in [-0.1, -0.05) is 47.5 Å². The van der Waals surface area contributed by atoms with Crippen LogP contribution in [0, 0.1) is 0 Å². The molecule has 4 rings (SSSR count). The van der Waals surface area contributed by atoms with E-state index in [9.17, 15) is 4.79 Å². The number of aromatic nitrogens is 1. The van der Waals surface area contributed by atoms with Gasteiger partial charge in [0.25, 0.3) is 0 Å². The Morgan fingerprint density at radius 1 is 1.00 bits per heavy atom. The molecule has 28 heavy (non-hydrogen) atoms. The summed E-state index contributed by atoms with van der Waals surface area (Å²) >= 11 is 13.9. The fraction of sp³-hybridized carbons (Fsp3) is 0. The number of para-hydroxylation sites is 1. The maximum atomic E-state index is 12.2. The summed E-state index contributed by atoms with van der Waals surface area (Å²) in [4.78, 5) is 16.8. The van der Waals surface area contributed by atoms with Gasteiger partial charge in [-0.3, -0.25) is 4.79 Å². The van der Waals surface area contributed by atoms with Gasteiger partial charge in [0.05, 0.1) is 15.2 Å². The van der Waals surface area contributed by atoms with Crippen molar-refractivity contribution in [1.82, 2.24) is 4.98 Å². The molecule has 6 heteroatoms. The van der Waals surface area contributed by atoms with Crippen LogP contribution in [-0.2, 0) is 4.79 Å². The van der Waals surface area contributed by atoms with E-state index in [2.05, 4.69) is 10.3 Å². The smallest absolute Gasteiger partial charge is 0.248 e. The van der Waals surface area contributed by atoms with Crippen LogP contribution in [0.1, 0.15) is 5.56 Å². The Morgan fingerprint density at radius 3 is 2.54 bits per heavy atom. The number of thiazole rings is 1. The number of carbonyl (C=O) groups excluding carboxylic acids is 1. The zero-order valence-corrected chi connectivity index (χ0v) is 16.9. The highest BCUT2D eigenvalue weighted by Crippen LogP contribution is 2.35. The first-order valence-electron chi connectivity index (χ1n) is 8.48. The van der Waals surface area contributed by atoms with Gasteiger partial charge in [-0.05, 0) is 54.1 Å². The minimum atomic E-state index is -0.237. The molecule has 0 aliphatic heterocycles. The average Bonchev–Trinajstić information content (AvgIpc) is 3.11. The van der Waals surface area contributed by atoms with E-state index in [0.717, 1.165) is 26.4 Å². The third-order valence-corrected chi connectivity index (χ3v) is 5.69. The number of anilines is 1. The van der Waals surface area contributed by atoms with Crippen LogP contribution in [-0.4, -0.2) is 10.9 Å². The second-order valence-corrected chi connectivity index (χ2v) is 7.93. The van der Waals surface area contributed by atoms with Gasteiger partial charge in [0, 0.05) is 22.3 Å². The summed E-state index contributed by atoms with van der Waals surface area (Å²) in [5, 5.41) is 4.87. The number of halogens is 2. The first-order chi connectivity index (χ1) is 13.6. The minimum Gasteiger partial charge on any atom is -0.322 e. The van der Waals surface area contributed by atoms with Gasteiger partial charge >= 0.3 is 0 Å². The summed E-state index contributed by atoms with van der Waals surface area (Å²) in [6.45, 7) is 0. The Kier molecular flexibility index (Phi) is 5.44. The maximum absolute atomic E-state index is 12.2. The third kappa shape index (κ3) is 4.25. The Morgan fingerprint density at radius 2 is 1.79 bits per heavy atom. The summed E-state index contributed by atoms with van der Waals surface area (Å²) in [5.41, 5.74) is 3.31. The molecule has 1 N–H and O–H groups in total. The van der Waals surface area contributed by atoms with E-state index in [1.807, 2.05) is 48.5 Å². The van der Waals surface area contributed by atoms with Crippen LogP contribution < -0.4 is 5.32 Å². The van der Waals surface area contributed by atoms with E-state index in [1.54, 1.807) is 35.6 Å². The van der Waals surface area contributed by atoms with Crippen LogP contribution in [0.15, 0.2) is 72.8 Å². The standard InChI is InChI=1S/C22H14Cl2N2OS/c23-15-8-5-14(6-9-15)7-12-21(27)25-16-10-11-17(18(24)13-16)22-26-19-3-1-2-4-20(19)28-22/h1-13H,(H,25,27)/b12-7+. The fourth-order valence-electron chi connectivity index (χ4n) is 2.68. The van der Waals surface area contributed by atoms with Crippen molar-refractivity contribution in [3.63, 3.8) is 0 Å². The van der Waals surface area contributed by atoms with E-state index < -0.39 is 0 Å². The number of fused-ring (bicyclic) bond motifs is 1. The van der Waals surface area contributed by atoms with Gasteiger partial charge in [-0.15, -0.1) is 11.3 Å². The number of nitrogens with zero attached hydrogens (tertiary/aromatic N) is 1. The normalized spacial score (nSPS) is 11.2. The molecular weight excluding hydrogens is 411 g/mol. The highest BCUT2D eigenvalue weighted by atomic mass is 35.5. The quantitative estimate of drug-likeness (QED) is 0.361. The maximum Gasteiger partial charge on any atom is 0.248 e.